The van der Waals surface area contributed by atoms with Gasteiger partial charge in [-0.1, -0.05) is 29.3 Å². The van der Waals surface area contributed by atoms with E-state index in [1.54, 1.807) is 13.3 Å². The molecule has 0 unspecified atom stereocenters. The first kappa shape index (κ1) is 18.7. The first-order valence-corrected chi connectivity index (χ1v) is 9.11. The maximum absolute atomic E-state index is 5.30. The molecule has 1 aromatic carbocycles. The second-order valence-corrected chi connectivity index (χ2v) is 6.50. The number of aliphatic imine (C=N–C) groups is 1. The van der Waals surface area contributed by atoms with E-state index < -0.39 is 0 Å². The quantitative estimate of drug-likeness (QED) is 0.442. The average molecular weight is 366 g/mol. The minimum absolute atomic E-state index is 0.575. The number of hydrogen-bond donors (Lipinski definition) is 3. The highest BCUT2D eigenvalue weighted by molar-refractivity contribution is 5.79. The molecule has 0 bridgehead atoms. The lowest BCUT2D eigenvalue weighted by molar-refractivity contribution is 0.577. The molecule has 2 heterocycles. The predicted octanol–water partition coefficient (Wildman–Crippen LogP) is 2.63. The molecule has 0 aliphatic carbocycles. The third-order valence-corrected chi connectivity index (χ3v) is 4.14. The number of H-pyrrole nitrogens is 1. The minimum Gasteiger partial charge on any atom is -0.461 e. The Morgan fingerprint density at radius 1 is 1.11 bits per heavy atom. The number of aromatic nitrogens is 3. The van der Waals surface area contributed by atoms with Gasteiger partial charge in [0.05, 0.1) is 6.26 Å². The van der Waals surface area contributed by atoms with Crippen molar-refractivity contribution in [3.05, 3.63) is 59.1 Å². The van der Waals surface area contributed by atoms with Crippen LogP contribution < -0.4 is 10.6 Å². The zero-order valence-corrected chi connectivity index (χ0v) is 16.0. The van der Waals surface area contributed by atoms with E-state index in [1.165, 1.54) is 16.7 Å². The SMILES string of the molecule is CN=C(NCCc1cc(C)cc(C)c1)NCCc1nc(-c2ccco2)n[nH]1. The summed E-state index contributed by atoms with van der Waals surface area (Å²) in [5, 5.41) is 13.8. The number of furan rings is 1. The van der Waals surface area contributed by atoms with Crippen LogP contribution in [0.15, 0.2) is 46.0 Å². The third kappa shape index (κ3) is 5.44. The molecule has 0 aliphatic heterocycles. The molecule has 3 rings (SSSR count). The summed E-state index contributed by atoms with van der Waals surface area (Å²) in [4.78, 5) is 8.70. The normalized spacial score (nSPS) is 11.6. The van der Waals surface area contributed by atoms with Crippen molar-refractivity contribution in [3.63, 3.8) is 0 Å². The maximum Gasteiger partial charge on any atom is 0.216 e. The van der Waals surface area contributed by atoms with Crippen LogP contribution in [0.1, 0.15) is 22.5 Å². The zero-order chi connectivity index (χ0) is 19.1. The van der Waals surface area contributed by atoms with Crippen molar-refractivity contribution in [3.8, 4) is 11.6 Å². The number of hydrogen-bond acceptors (Lipinski definition) is 4. The van der Waals surface area contributed by atoms with Crippen molar-refractivity contribution < 1.29 is 4.42 Å². The van der Waals surface area contributed by atoms with Crippen LogP contribution in [0, 0.1) is 13.8 Å². The summed E-state index contributed by atoms with van der Waals surface area (Å²) in [6.07, 6.45) is 3.28. The molecule has 27 heavy (non-hydrogen) atoms. The van der Waals surface area contributed by atoms with Crippen molar-refractivity contribution in [1.29, 1.82) is 0 Å². The Morgan fingerprint density at radius 3 is 2.52 bits per heavy atom. The molecule has 0 radical (unpaired) electrons. The number of benzene rings is 1. The predicted molar refractivity (Wildman–Crippen MR) is 107 cm³/mol. The van der Waals surface area contributed by atoms with Crippen molar-refractivity contribution in [2.75, 3.05) is 20.1 Å². The van der Waals surface area contributed by atoms with Crippen LogP contribution in [-0.2, 0) is 12.8 Å². The first-order valence-electron chi connectivity index (χ1n) is 9.11. The van der Waals surface area contributed by atoms with E-state index >= 15 is 0 Å². The summed E-state index contributed by atoms with van der Waals surface area (Å²) in [5.41, 5.74) is 3.93. The molecule has 0 aliphatic rings. The second kappa shape index (κ2) is 9.02. The molecule has 0 spiro atoms. The summed E-state index contributed by atoms with van der Waals surface area (Å²) in [5.74, 6) is 2.82. The summed E-state index contributed by atoms with van der Waals surface area (Å²) >= 11 is 0. The number of nitrogens with one attached hydrogen (secondary N) is 3. The molecule has 0 saturated carbocycles. The van der Waals surface area contributed by atoms with Crippen molar-refractivity contribution in [2.45, 2.75) is 26.7 Å². The van der Waals surface area contributed by atoms with Crippen LogP contribution >= 0.6 is 0 Å². The molecule has 0 atom stereocenters. The molecule has 7 heteroatoms. The van der Waals surface area contributed by atoms with Gasteiger partial charge in [0.2, 0.25) is 5.82 Å². The van der Waals surface area contributed by atoms with Crippen molar-refractivity contribution in [2.24, 2.45) is 4.99 Å². The number of rotatable bonds is 7. The van der Waals surface area contributed by atoms with Crippen molar-refractivity contribution in [1.82, 2.24) is 25.8 Å². The molecular weight excluding hydrogens is 340 g/mol. The van der Waals surface area contributed by atoms with Crippen LogP contribution in [0.4, 0.5) is 0 Å². The van der Waals surface area contributed by atoms with E-state index in [-0.39, 0.29) is 0 Å². The van der Waals surface area contributed by atoms with Gasteiger partial charge in [0.25, 0.3) is 0 Å². The maximum atomic E-state index is 5.30. The van der Waals surface area contributed by atoms with E-state index in [4.69, 9.17) is 4.42 Å². The summed E-state index contributed by atoms with van der Waals surface area (Å²) in [6, 6.07) is 10.3. The Kier molecular flexibility index (Phi) is 6.25. The Morgan fingerprint density at radius 2 is 1.85 bits per heavy atom. The van der Waals surface area contributed by atoms with Gasteiger partial charge in [-0.3, -0.25) is 10.1 Å². The van der Waals surface area contributed by atoms with Crippen LogP contribution in [-0.4, -0.2) is 41.3 Å². The fraction of sp³-hybridized carbons (Fsp3) is 0.350. The van der Waals surface area contributed by atoms with E-state index in [0.29, 0.717) is 24.6 Å². The van der Waals surface area contributed by atoms with Crippen LogP contribution in [0.3, 0.4) is 0 Å². The van der Waals surface area contributed by atoms with Crippen LogP contribution in [0.2, 0.25) is 0 Å². The summed E-state index contributed by atoms with van der Waals surface area (Å²) < 4.78 is 5.30. The number of aromatic amines is 1. The minimum atomic E-state index is 0.575. The third-order valence-electron chi connectivity index (χ3n) is 4.14. The Balaban J connectivity index is 1.41. The van der Waals surface area contributed by atoms with Gasteiger partial charge in [-0.05, 0) is 38.0 Å². The Bertz CT molecular complexity index is 862. The van der Waals surface area contributed by atoms with Gasteiger partial charge < -0.3 is 15.1 Å². The largest absolute Gasteiger partial charge is 0.461 e. The average Bonchev–Trinajstić information content (AvgIpc) is 3.31. The van der Waals surface area contributed by atoms with E-state index in [2.05, 4.69) is 62.9 Å². The number of guanidine groups is 1. The molecule has 0 fully saturated rings. The lowest BCUT2D eigenvalue weighted by atomic mass is 10.1. The Hall–Kier alpha value is -3.09. The van der Waals surface area contributed by atoms with Gasteiger partial charge in [-0.2, -0.15) is 5.10 Å². The molecule has 142 valence electrons. The second-order valence-electron chi connectivity index (χ2n) is 6.50. The molecular formula is C20H26N6O. The summed E-state index contributed by atoms with van der Waals surface area (Å²) in [7, 11) is 1.77. The molecule has 0 amide bonds. The molecule has 3 N–H and O–H groups in total. The highest BCUT2D eigenvalue weighted by Gasteiger charge is 2.08. The molecule has 7 nitrogen and oxygen atoms in total. The fourth-order valence-corrected chi connectivity index (χ4v) is 2.98. The van der Waals surface area contributed by atoms with Crippen LogP contribution in [0.25, 0.3) is 11.6 Å². The smallest absolute Gasteiger partial charge is 0.216 e. The van der Waals surface area contributed by atoms with E-state index in [9.17, 15) is 0 Å². The van der Waals surface area contributed by atoms with Gasteiger partial charge in [0, 0.05) is 26.6 Å². The summed E-state index contributed by atoms with van der Waals surface area (Å²) in [6.45, 7) is 5.79. The molecule has 0 saturated heterocycles. The van der Waals surface area contributed by atoms with Crippen LogP contribution in [0.5, 0.6) is 0 Å². The first-order chi connectivity index (χ1) is 13.1. The zero-order valence-electron chi connectivity index (χ0n) is 16.0. The van der Waals surface area contributed by atoms with Gasteiger partial charge >= 0.3 is 0 Å². The van der Waals surface area contributed by atoms with E-state index in [0.717, 1.165) is 24.7 Å². The van der Waals surface area contributed by atoms with Gasteiger partial charge in [-0.25, -0.2) is 4.98 Å². The number of nitrogens with zero attached hydrogens (tertiary/aromatic N) is 3. The lowest BCUT2D eigenvalue weighted by Gasteiger charge is -2.12. The number of aryl methyl sites for hydroxylation is 2. The molecule has 2 aromatic heterocycles. The van der Waals surface area contributed by atoms with Gasteiger partial charge in [0.15, 0.2) is 11.7 Å². The topological polar surface area (TPSA) is 91.1 Å². The van der Waals surface area contributed by atoms with E-state index in [1.807, 2.05) is 12.1 Å². The van der Waals surface area contributed by atoms with Crippen molar-refractivity contribution >= 4 is 5.96 Å². The molecule has 3 aromatic rings. The Labute approximate surface area is 159 Å². The highest BCUT2D eigenvalue weighted by Crippen LogP contribution is 2.14. The van der Waals surface area contributed by atoms with Gasteiger partial charge in [-0.15, -0.1) is 0 Å². The standard InChI is InChI=1S/C20H26N6O/c1-14-11-15(2)13-16(12-14)6-8-22-20(21-3)23-9-7-18-24-19(26-25-18)17-5-4-10-27-17/h4-5,10-13H,6-9H2,1-3H3,(H2,21,22,23)(H,24,25,26). The highest BCUT2D eigenvalue weighted by atomic mass is 16.3. The van der Waals surface area contributed by atoms with Gasteiger partial charge in [0.1, 0.15) is 5.82 Å². The monoisotopic (exact) mass is 366 g/mol. The lowest BCUT2D eigenvalue weighted by Crippen LogP contribution is -2.39. The fourth-order valence-electron chi connectivity index (χ4n) is 2.98.